The van der Waals surface area contributed by atoms with E-state index in [2.05, 4.69) is 4.98 Å². The van der Waals surface area contributed by atoms with Crippen LogP contribution in [0.25, 0.3) is 16.2 Å². The van der Waals surface area contributed by atoms with Crippen molar-refractivity contribution in [3.63, 3.8) is 0 Å². The second-order valence-corrected chi connectivity index (χ2v) is 7.97. The van der Waals surface area contributed by atoms with Crippen molar-refractivity contribution in [3.05, 3.63) is 51.6 Å². The lowest BCUT2D eigenvalue weighted by atomic mass is 10.1. The van der Waals surface area contributed by atoms with Crippen molar-refractivity contribution in [1.29, 1.82) is 5.26 Å². The Balaban J connectivity index is 2.31. The van der Waals surface area contributed by atoms with Crippen LogP contribution in [0.4, 0.5) is 0 Å². The third-order valence-electron chi connectivity index (χ3n) is 3.59. The number of rotatable bonds is 6. The third kappa shape index (κ3) is 3.11. The summed E-state index contributed by atoms with van der Waals surface area (Å²) in [5, 5.41) is 11.1. The number of nitrogens with zero attached hydrogens (tertiary/aromatic N) is 3. The van der Waals surface area contributed by atoms with E-state index >= 15 is 0 Å². The Morgan fingerprint density at radius 3 is 2.46 bits per heavy atom. The van der Waals surface area contributed by atoms with Gasteiger partial charge in [0, 0.05) is 10.9 Å². The van der Waals surface area contributed by atoms with Gasteiger partial charge in [-0.1, -0.05) is 30.3 Å². The van der Waals surface area contributed by atoms with Gasteiger partial charge >= 0.3 is 7.60 Å². The largest absolute Gasteiger partial charge is 0.378 e. The average Bonchev–Trinajstić information content (AvgIpc) is 3.08. The summed E-state index contributed by atoms with van der Waals surface area (Å²) in [5.41, 5.74) is 0.348. The van der Waals surface area contributed by atoms with Gasteiger partial charge < -0.3 is 9.05 Å². The highest BCUT2D eigenvalue weighted by Crippen LogP contribution is 2.47. The molecule has 0 aliphatic rings. The Bertz CT molecular complexity index is 1080. The van der Waals surface area contributed by atoms with Crippen LogP contribution in [-0.4, -0.2) is 22.6 Å². The molecule has 7 nitrogen and oxygen atoms in total. The van der Waals surface area contributed by atoms with Gasteiger partial charge in [-0.05, 0) is 13.8 Å². The molecule has 9 heteroatoms. The molecule has 0 atom stereocenters. The molecule has 0 spiro atoms. The van der Waals surface area contributed by atoms with E-state index in [-0.39, 0.29) is 24.2 Å². The number of fused-ring (bicyclic) bond motifs is 1. The summed E-state index contributed by atoms with van der Waals surface area (Å²) in [4.78, 5) is 17.7. The lowest BCUT2D eigenvalue weighted by molar-refractivity contribution is 0.229. The molecule has 26 heavy (non-hydrogen) atoms. The highest BCUT2D eigenvalue weighted by molar-refractivity contribution is 7.62. The zero-order valence-electron chi connectivity index (χ0n) is 14.2. The normalized spacial score (nSPS) is 11.6. The number of nitriles is 1. The minimum Gasteiger partial charge on any atom is -0.304 e. The van der Waals surface area contributed by atoms with E-state index in [9.17, 15) is 14.6 Å². The first kappa shape index (κ1) is 18.5. The minimum absolute atomic E-state index is 0.0924. The van der Waals surface area contributed by atoms with Gasteiger partial charge in [0.15, 0.2) is 10.4 Å². The van der Waals surface area contributed by atoms with Crippen molar-refractivity contribution in [2.75, 3.05) is 13.2 Å². The Kier molecular flexibility index (Phi) is 5.35. The summed E-state index contributed by atoms with van der Waals surface area (Å²) < 4.78 is 24.9. The van der Waals surface area contributed by atoms with E-state index in [1.54, 1.807) is 38.1 Å². The van der Waals surface area contributed by atoms with Gasteiger partial charge in [-0.15, -0.1) is 11.3 Å². The molecule has 0 aliphatic carbocycles. The monoisotopic (exact) mass is 389 g/mol. The third-order valence-corrected chi connectivity index (χ3v) is 6.68. The molecule has 0 unspecified atom stereocenters. The van der Waals surface area contributed by atoms with E-state index in [1.807, 2.05) is 12.1 Å². The zero-order chi connectivity index (χ0) is 18.7. The molecule has 0 amide bonds. The lowest BCUT2D eigenvalue weighted by Gasteiger charge is -2.16. The number of benzene rings is 1. The molecular weight excluding hydrogens is 373 g/mol. The summed E-state index contributed by atoms with van der Waals surface area (Å²) >= 11 is 1.14. The first-order valence-electron chi connectivity index (χ1n) is 7.95. The van der Waals surface area contributed by atoms with Crippen molar-refractivity contribution in [3.8, 4) is 17.3 Å². The number of hydrogen-bond donors (Lipinski definition) is 0. The molecule has 3 rings (SSSR count). The Morgan fingerprint density at radius 1 is 1.23 bits per heavy atom. The Hall–Kier alpha value is -2.30. The SMILES string of the molecule is CCOP(=O)(OCC)c1csc2nc(-c3ccccc3)c(C#N)c(=O)n12. The highest BCUT2D eigenvalue weighted by atomic mass is 32.1. The molecule has 2 aromatic heterocycles. The van der Waals surface area contributed by atoms with Gasteiger partial charge in [-0.2, -0.15) is 5.26 Å². The van der Waals surface area contributed by atoms with Crippen LogP contribution in [0.1, 0.15) is 19.4 Å². The summed E-state index contributed by atoms with van der Waals surface area (Å²) in [6.07, 6.45) is 0. The summed E-state index contributed by atoms with van der Waals surface area (Å²) in [6, 6.07) is 10.9. The maximum absolute atomic E-state index is 13.1. The highest BCUT2D eigenvalue weighted by Gasteiger charge is 2.32. The molecule has 2 heterocycles. The summed E-state index contributed by atoms with van der Waals surface area (Å²) in [6.45, 7) is 3.69. The van der Waals surface area contributed by atoms with E-state index < -0.39 is 13.2 Å². The lowest BCUT2D eigenvalue weighted by Crippen LogP contribution is -2.28. The second-order valence-electron chi connectivity index (χ2n) is 5.16. The van der Waals surface area contributed by atoms with Crippen LogP contribution in [0.15, 0.2) is 40.5 Å². The van der Waals surface area contributed by atoms with Gasteiger partial charge in [0.1, 0.15) is 11.6 Å². The first-order chi connectivity index (χ1) is 12.6. The van der Waals surface area contributed by atoms with Crippen LogP contribution in [0.2, 0.25) is 0 Å². The smallest absolute Gasteiger partial charge is 0.304 e. The van der Waals surface area contributed by atoms with Gasteiger partial charge in [-0.25, -0.2) is 9.38 Å². The molecule has 0 fully saturated rings. The van der Waals surface area contributed by atoms with Gasteiger partial charge in [0.05, 0.1) is 18.9 Å². The Labute approximate surface area is 154 Å². The summed E-state index contributed by atoms with van der Waals surface area (Å²) in [5.74, 6) is 0. The molecule has 3 aromatic rings. The summed E-state index contributed by atoms with van der Waals surface area (Å²) in [7, 11) is -3.69. The maximum Gasteiger partial charge on any atom is 0.378 e. The molecule has 0 N–H and O–H groups in total. The van der Waals surface area contributed by atoms with Crippen LogP contribution in [-0.2, 0) is 13.6 Å². The van der Waals surface area contributed by atoms with Crippen LogP contribution in [0, 0.1) is 11.3 Å². The molecular formula is C17H16N3O4PS. The van der Waals surface area contributed by atoms with E-state index in [0.717, 1.165) is 15.7 Å². The van der Waals surface area contributed by atoms with Crippen molar-refractivity contribution < 1.29 is 13.6 Å². The molecule has 0 saturated carbocycles. The van der Waals surface area contributed by atoms with Crippen LogP contribution < -0.4 is 11.0 Å². The van der Waals surface area contributed by atoms with Crippen LogP contribution in [0.5, 0.6) is 0 Å². The van der Waals surface area contributed by atoms with Gasteiger partial charge in [0.25, 0.3) is 5.56 Å². The van der Waals surface area contributed by atoms with E-state index in [1.165, 1.54) is 5.38 Å². The van der Waals surface area contributed by atoms with Crippen LogP contribution >= 0.6 is 18.9 Å². The fraction of sp³-hybridized carbons (Fsp3) is 0.235. The quantitative estimate of drug-likeness (QED) is 0.601. The second kappa shape index (κ2) is 7.52. The van der Waals surface area contributed by atoms with Gasteiger partial charge in [0.2, 0.25) is 0 Å². The van der Waals surface area contributed by atoms with Crippen molar-refractivity contribution in [2.24, 2.45) is 0 Å². The molecule has 1 aromatic carbocycles. The van der Waals surface area contributed by atoms with Gasteiger partial charge in [-0.3, -0.25) is 9.36 Å². The maximum atomic E-state index is 13.1. The standard InChI is InChI=1S/C17H16N3O4PS/c1-3-23-25(22,24-4-2)14-11-26-17-19-15(12-8-6-5-7-9-12)13(10-18)16(21)20(14)17/h5-9,11H,3-4H2,1-2H3. The molecule has 0 radical (unpaired) electrons. The van der Waals surface area contributed by atoms with Crippen LogP contribution in [0.3, 0.4) is 0 Å². The molecule has 134 valence electrons. The van der Waals surface area contributed by atoms with E-state index in [0.29, 0.717) is 16.2 Å². The number of thiazole rings is 1. The topological polar surface area (TPSA) is 93.7 Å². The predicted octanol–water partition coefficient (Wildman–Crippen LogP) is 3.19. The number of hydrogen-bond acceptors (Lipinski definition) is 7. The fourth-order valence-corrected chi connectivity index (χ4v) is 5.48. The van der Waals surface area contributed by atoms with Crippen molar-refractivity contribution in [2.45, 2.75) is 13.8 Å². The zero-order valence-corrected chi connectivity index (χ0v) is 15.9. The first-order valence-corrected chi connectivity index (χ1v) is 10.4. The number of aromatic nitrogens is 2. The molecule has 0 bridgehead atoms. The Morgan fingerprint density at radius 2 is 1.88 bits per heavy atom. The minimum atomic E-state index is -3.69. The molecule has 0 aliphatic heterocycles. The van der Waals surface area contributed by atoms with Crippen molar-refractivity contribution >= 4 is 29.3 Å². The molecule has 0 saturated heterocycles. The van der Waals surface area contributed by atoms with E-state index in [4.69, 9.17) is 9.05 Å². The predicted molar refractivity (Wildman–Crippen MR) is 100.0 cm³/mol. The average molecular weight is 389 g/mol. The van der Waals surface area contributed by atoms with Crippen molar-refractivity contribution in [1.82, 2.24) is 9.38 Å². The fourth-order valence-electron chi connectivity index (χ4n) is 2.54.